The molecular weight excluding hydrogens is 164 g/mol. The first-order valence-electron chi connectivity index (χ1n) is 4.68. The summed E-state index contributed by atoms with van der Waals surface area (Å²) in [7, 11) is 2.11. The van der Waals surface area contributed by atoms with Crippen LogP contribution < -0.4 is 5.73 Å². The maximum atomic E-state index is 5.71. The minimum atomic E-state index is 0.378. The van der Waals surface area contributed by atoms with Crippen molar-refractivity contribution in [3.05, 3.63) is 17.7 Å². The number of hydrogen-bond donors (Lipinski definition) is 2. The summed E-state index contributed by atoms with van der Waals surface area (Å²) in [6, 6.07) is 0.825. The summed E-state index contributed by atoms with van der Waals surface area (Å²) < 4.78 is 0. The van der Waals surface area contributed by atoms with Crippen molar-refractivity contribution in [3.63, 3.8) is 0 Å². The molecule has 2 unspecified atom stereocenters. The molecule has 0 aliphatic carbocycles. The lowest BCUT2D eigenvalue weighted by Crippen LogP contribution is -2.44. The fourth-order valence-corrected chi connectivity index (χ4v) is 1.99. The van der Waals surface area contributed by atoms with Gasteiger partial charge in [-0.25, -0.2) is 4.98 Å². The van der Waals surface area contributed by atoms with Crippen LogP contribution >= 0.6 is 0 Å². The zero-order valence-corrected chi connectivity index (χ0v) is 8.12. The van der Waals surface area contributed by atoms with Crippen molar-refractivity contribution >= 4 is 0 Å². The lowest BCUT2D eigenvalue weighted by atomic mass is 9.98. The number of H-pyrrole nitrogens is 1. The molecule has 2 rings (SSSR count). The van der Waals surface area contributed by atoms with E-state index in [0.29, 0.717) is 18.6 Å². The lowest BCUT2D eigenvalue weighted by Gasteiger charge is -2.36. The second-order valence-corrected chi connectivity index (χ2v) is 3.70. The van der Waals surface area contributed by atoms with Gasteiger partial charge in [-0.3, -0.25) is 4.90 Å². The normalized spacial score (nSPS) is 28.8. The number of likely N-dealkylation sites (N-methyl/N-ethyl adjacent to an activating group) is 1. The Hall–Kier alpha value is -0.870. The molecule has 0 saturated carbocycles. The number of nitrogens with one attached hydrogen (secondary N) is 1. The van der Waals surface area contributed by atoms with Crippen LogP contribution in [0.3, 0.4) is 0 Å². The molecule has 4 heteroatoms. The first-order chi connectivity index (χ1) is 6.24. The zero-order chi connectivity index (χ0) is 9.42. The largest absolute Gasteiger partial charge is 0.348 e. The summed E-state index contributed by atoms with van der Waals surface area (Å²) in [6.07, 6.45) is 2.76. The van der Waals surface area contributed by atoms with Crippen molar-refractivity contribution < 1.29 is 0 Å². The quantitative estimate of drug-likeness (QED) is 0.653. The van der Waals surface area contributed by atoms with Gasteiger partial charge in [0.25, 0.3) is 0 Å². The molecule has 0 bridgehead atoms. The Labute approximate surface area is 78.1 Å². The molecule has 13 heavy (non-hydrogen) atoms. The first kappa shape index (κ1) is 8.72. The predicted molar refractivity (Wildman–Crippen MR) is 51.3 cm³/mol. The number of nitrogens with zero attached hydrogens (tertiary/aromatic N) is 2. The maximum absolute atomic E-state index is 5.71. The highest BCUT2D eigenvalue weighted by molar-refractivity contribution is 5.20. The summed E-state index contributed by atoms with van der Waals surface area (Å²) in [5, 5.41) is 0. The van der Waals surface area contributed by atoms with Crippen molar-refractivity contribution in [2.45, 2.75) is 25.4 Å². The minimum absolute atomic E-state index is 0.378. The van der Waals surface area contributed by atoms with E-state index in [1.54, 1.807) is 6.33 Å². The Bertz CT molecular complexity index is 294. The molecule has 4 nitrogen and oxygen atoms in total. The van der Waals surface area contributed by atoms with Gasteiger partial charge in [0.1, 0.15) is 0 Å². The molecule has 0 fully saturated rings. The molecule has 0 radical (unpaired) electrons. The van der Waals surface area contributed by atoms with Gasteiger partial charge in [-0.1, -0.05) is 0 Å². The van der Waals surface area contributed by atoms with Gasteiger partial charge in [0.2, 0.25) is 0 Å². The predicted octanol–water partition coefficient (Wildman–Crippen LogP) is 0.286. The van der Waals surface area contributed by atoms with E-state index >= 15 is 0 Å². The van der Waals surface area contributed by atoms with Crippen LogP contribution in [0, 0.1) is 0 Å². The van der Waals surface area contributed by atoms with Crippen LogP contribution in [0.1, 0.15) is 24.4 Å². The van der Waals surface area contributed by atoms with Crippen LogP contribution in [0.5, 0.6) is 0 Å². The monoisotopic (exact) mass is 180 g/mol. The van der Waals surface area contributed by atoms with Crippen LogP contribution in [-0.2, 0) is 6.42 Å². The van der Waals surface area contributed by atoms with Crippen molar-refractivity contribution in [2.24, 2.45) is 5.73 Å². The van der Waals surface area contributed by atoms with Crippen molar-refractivity contribution in [1.29, 1.82) is 0 Å². The van der Waals surface area contributed by atoms with E-state index in [0.717, 1.165) is 6.42 Å². The van der Waals surface area contributed by atoms with Gasteiger partial charge >= 0.3 is 0 Å². The topological polar surface area (TPSA) is 57.9 Å². The third-order valence-electron chi connectivity index (χ3n) is 3.05. The second-order valence-electron chi connectivity index (χ2n) is 3.70. The molecule has 2 atom stereocenters. The highest BCUT2D eigenvalue weighted by atomic mass is 15.2. The molecular formula is C9H16N4. The molecule has 3 N–H and O–H groups in total. The number of nitrogens with two attached hydrogens (primary N) is 1. The van der Waals surface area contributed by atoms with Crippen LogP contribution in [0.2, 0.25) is 0 Å². The number of fused-ring (bicyclic) bond motifs is 1. The van der Waals surface area contributed by atoms with Crippen molar-refractivity contribution in [3.8, 4) is 0 Å². The Balaban J connectivity index is 2.32. The lowest BCUT2D eigenvalue weighted by molar-refractivity contribution is 0.167. The maximum Gasteiger partial charge on any atom is 0.0925 e. The molecule has 1 aromatic rings. The van der Waals surface area contributed by atoms with Crippen molar-refractivity contribution in [1.82, 2.24) is 14.9 Å². The van der Waals surface area contributed by atoms with Gasteiger partial charge in [-0.05, 0) is 14.0 Å². The molecule has 72 valence electrons. The van der Waals surface area contributed by atoms with Gasteiger partial charge in [0.05, 0.1) is 18.1 Å². The summed E-state index contributed by atoms with van der Waals surface area (Å²) >= 11 is 0. The number of aromatic amines is 1. The summed E-state index contributed by atoms with van der Waals surface area (Å²) in [5.74, 6) is 0. The number of rotatable bonds is 1. The average molecular weight is 180 g/mol. The molecule has 0 aromatic carbocycles. The molecule has 2 heterocycles. The van der Waals surface area contributed by atoms with Gasteiger partial charge in [0, 0.05) is 24.7 Å². The third kappa shape index (κ3) is 1.26. The van der Waals surface area contributed by atoms with Crippen LogP contribution in [0.25, 0.3) is 0 Å². The van der Waals surface area contributed by atoms with E-state index in [1.165, 1.54) is 11.4 Å². The van der Waals surface area contributed by atoms with Gasteiger partial charge in [-0.15, -0.1) is 0 Å². The number of aromatic nitrogens is 2. The molecule has 0 saturated heterocycles. The van der Waals surface area contributed by atoms with Crippen molar-refractivity contribution in [2.75, 3.05) is 13.6 Å². The third-order valence-corrected chi connectivity index (χ3v) is 3.05. The van der Waals surface area contributed by atoms with Crippen LogP contribution in [0.15, 0.2) is 6.33 Å². The first-order valence-corrected chi connectivity index (χ1v) is 4.68. The van der Waals surface area contributed by atoms with E-state index in [9.17, 15) is 0 Å². The van der Waals surface area contributed by atoms with Crippen LogP contribution in [0.4, 0.5) is 0 Å². The average Bonchev–Trinajstić information content (AvgIpc) is 2.59. The Morgan fingerprint density at radius 3 is 3.23 bits per heavy atom. The van der Waals surface area contributed by atoms with Gasteiger partial charge < -0.3 is 10.7 Å². The Morgan fingerprint density at radius 1 is 1.77 bits per heavy atom. The summed E-state index contributed by atoms with van der Waals surface area (Å²) in [5.41, 5.74) is 8.13. The molecule has 1 aromatic heterocycles. The van der Waals surface area contributed by atoms with E-state index in [2.05, 4.69) is 28.8 Å². The minimum Gasteiger partial charge on any atom is -0.348 e. The summed E-state index contributed by atoms with van der Waals surface area (Å²) in [4.78, 5) is 9.79. The fourth-order valence-electron chi connectivity index (χ4n) is 1.99. The zero-order valence-electron chi connectivity index (χ0n) is 8.12. The Morgan fingerprint density at radius 2 is 2.54 bits per heavy atom. The molecule has 1 aliphatic heterocycles. The number of imidazole rings is 1. The van der Waals surface area contributed by atoms with Gasteiger partial charge in [0.15, 0.2) is 0 Å². The van der Waals surface area contributed by atoms with E-state index in [-0.39, 0.29) is 0 Å². The summed E-state index contributed by atoms with van der Waals surface area (Å²) in [6.45, 7) is 2.88. The SMILES string of the molecule is CC1c2nc[nH]c2CC(CN)N1C. The van der Waals surface area contributed by atoms with E-state index in [1.807, 2.05) is 0 Å². The molecule has 0 amide bonds. The van der Waals surface area contributed by atoms with Gasteiger partial charge in [-0.2, -0.15) is 0 Å². The molecule has 1 aliphatic rings. The van der Waals surface area contributed by atoms with E-state index in [4.69, 9.17) is 5.73 Å². The highest BCUT2D eigenvalue weighted by Crippen LogP contribution is 2.28. The highest BCUT2D eigenvalue weighted by Gasteiger charge is 2.29. The Kier molecular flexibility index (Phi) is 2.09. The van der Waals surface area contributed by atoms with Crippen LogP contribution in [-0.4, -0.2) is 34.5 Å². The number of hydrogen-bond acceptors (Lipinski definition) is 3. The smallest absolute Gasteiger partial charge is 0.0925 e. The second kappa shape index (κ2) is 3.12. The molecule has 0 spiro atoms. The standard InChI is InChI=1S/C9H16N4/c1-6-9-8(11-5-12-9)3-7(4-10)13(6)2/h5-7H,3-4,10H2,1-2H3,(H,11,12). The fraction of sp³-hybridized carbons (Fsp3) is 0.667. The van der Waals surface area contributed by atoms with E-state index < -0.39 is 0 Å².